The molecule has 1 amide bonds. The number of methoxy groups -OCH3 is 1. The van der Waals surface area contributed by atoms with E-state index in [1.54, 1.807) is 18.4 Å². The number of rotatable bonds is 5. The summed E-state index contributed by atoms with van der Waals surface area (Å²) in [6.07, 6.45) is 2.01. The minimum atomic E-state index is -0.0268. The van der Waals surface area contributed by atoms with Crippen molar-refractivity contribution < 1.29 is 9.53 Å². The molecule has 1 saturated heterocycles. The van der Waals surface area contributed by atoms with Gasteiger partial charge in [-0.25, -0.2) is 4.98 Å². The molecule has 18 heavy (non-hydrogen) atoms. The van der Waals surface area contributed by atoms with E-state index in [1.807, 2.05) is 12.3 Å². The molecule has 1 fully saturated rings. The molecule has 0 aliphatic carbocycles. The number of thiazole rings is 1. The van der Waals surface area contributed by atoms with Crippen LogP contribution in [0.1, 0.15) is 36.6 Å². The van der Waals surface area contributed by atoms with Crippen molar-refractivity contribution in [3.05, 3.63) is 16.1 Å². The quantitative estimate of drug-likeness (QED) is 0.843. The first-order valence-corrected chi connectivity index (χ1v) is 7.07. The molecule has 1 aliphatic heterocycles. The Balaban J connectivity index is 1.82. The van der Waals surface area contributed by atoms with E-state index in [0.717, 1.165) is 30.1 Å². The molecule has 0 radical (unpaired) electrons. The summed E-state index contributed by atoms with van der Waals surface area (Å²) < 4.78 is 5.21. The number of nitrogens with one attached hydrogen (secondary N) is 2. The number of hydrogen-bond donors (Lipinski definition) is 2. The minimum Gasteiger partial charge on any atom is -0.375 e. The highest BCUT2D eigenvalue weighted by Gasteiger charge is 2.21. The zero-order valence-corrected chi connectivity index (χ0v) is 11.5. The van der Waals surface area contributed by atoms with Crippen LogP contribution in [0, 0.1) is 0 Å². The highest BCUT2D eigenvalue weighted by molar-refractivity contribution is 7.09. The second-order valence-corrected chi connectivity index (χ2v) is 5.31. The van der Waals surface area contributed by atoms with E-state index < -0.39 is 0 Å². The first kappa shape index (κ1) is 13.5. The summed E-state index contributed by atoms with van der Waals surface area (Å²) in [4.78, 5) is 16.2. The Bertz CT molecular complexity index is 402. The van der Waals surface area contributed by atoms with Gasteiger partial charge in [0.2, 0.25) is 5.91 Å². The normalized spacial score (nSPS) is 20.9. The lowest BCUT2D eigenvalue weighted by Gasteiger charge is -2.09. The lowest BCUT2D eigenvalue weighted by atomic mass is 10.2. The van der Waals surface area contributed by atoms with Crippen molar-refractivity contribution >= 4 is 17.2 Å². The molecule has 0 bridgehead atoms. The molecule has 100 valence electrons. The molecule has 1 aliphatic rings. The van der Waals surface area contributed by atoms with Crippen LogP contribution in [0.5, 0.6) is 0 Å². The van der Waals surface area contributed by atoms with E-state index >= 15 is 0 Å². The van der Waals surface area contributed by atoms with Gasteiger partial charge in [-0.15, -0.1) is 11.3 Å². The van der Waals surface area contributed by atoms with Crippen molar-refractivity contribution in [1.82, 2.24) is 15.6 Å². The van der Waals surface area contributed by atoms with Crippen molar-refractivity contribution in [2.75, 3.05) is 13.7 Å². The van der Waals surface area contributed by atoms with Gasteiger partial charge in [0, 0.05) is 12.5 Å². The Morgan fingerprint density at radius 2 is 2.61 bits per heavy atom. The lowest BCUT2D eigenvalue weighted by molar-refractivity contribution is -0.122. The Morgan fingerprint density at radius 1 is 1.78 bits per heavy atom. The first-order valence-electron chi connectivity index (χ1n) is 6.19. The molecular formula is C12H19N3O2S. The van der Waals surface area contributed by atoms with E-state index in [-0.39, 0.29) is 18.1 Å². The summed E-state index contributed by atoms with van der Waals surface area (Å²) >= 11 is 1.56. The predicted octanol–water partition coefficient (Wildman–Crippen LogP) is 1.22. The number of nitrogens with zero attached hydrogens (tertiary/aromatic N) is 1. The average Bonchev–Trinajstić information content (AvgIpc) is 3.05. The minimum absolute atomic E-state index is 0.0101. The standard InChI is InChI=1S/C12H19N3O2S/c1-8(17-2)12-15-9(7-18-12)6-14-11(16)10-4-3-5-13-10/h7-8,10,13H,3-6H2,1-2H3,(H,14,16). The van der Waals surface area contributed by atoms with Crippen LogP contribution in [0.3, 0.4) is 0 Å². The SMILES string of the molecule is COC(C)c1nc(CNC(=O)C2CCCN2)cs1. The van der Waals surface area contributed by atoms with Gasteiger partial charge in [0.1, 0.15) is 11.1 Å². The van der Waals surface area contributed by atoms with Crippen LogP contribution < -0.4 is 10.6 Å². The van der Waals surface area contributed by atoms with Gasteiger partial charge in [0.25, 0.3) is 0 Å². The molecule has 5 nitrogen and oxygen atoms in total. The number of carbonyl (C=O) groups is 1. The van der Waals surface area contributed by atoms with E-state index in [1.165, 1.54) is 0 Å². The van der Waals surface area contributed by atoms with Gasteiger partial charge in [-0.05, 0) is 26.3 Å². The predicted molar refractivity (Wildman–Crippen MR) is 70.4 cm³/mol. The van der Waals surface area contributed by atoms with E-state index in [0.29, 0.717) is 6.54 Å². The summed E-state index contributed by atoms with van der Waals surface area (Å²) in [7, 11) is 1.67. The van der Waals surface area contributed by atoms with Crippen LogP contribution in [0.15, 0.2) is 5.38 Å². The van der Waals surface area contributed by atoms with Crippen LogP contribution in [0.2, 0.25) is 0 Å². The molecule has 2 heterocycles. The average molecular weight is 269 g/mol. The zero-order chi connectivity index (χ0) is 13.0. The molecule has 1 aromatic heterocycles. The van der Waals surface area contributed by atoms with Crippen LogP contribution >= 0.6 is 11.3 Å². The van der Waals surface area contributed by atoms with Crippen molar-refractivity contribution in [2.45, 2.75) is 38.5 Å². The highest BCUT2D eigenvalue weighted by atomic mass is 32.1. The third-order valence-corrected chi connectivity index (χ3v) is 4.15. The fourth-order valence-electron chi connectivity index (χ4n) is 1.90. The largest absolute Gasteiger partial charge is 0.375 e. The van der Waals surface area contributed by atoms with Gasteiger partial charge < -0.3 is 15.4 Å². The molecule has 0 spiro atoms. The Kier molecular flexibility index (Phi) is 4.68. The fourth-order valence-corrected chi connectivity index (χ4v) is 2.75. The maximum absolute atomic E-state index is 11.8. The smallest absolute Gasteiger partial charge is 0.237 e. The Morgan fingerprint density at radius 3 is 3.28 bits per heavy atom. The fraction of sp³-hybridized carbons (Fsp3) is 0.667. The van der Waals surface area contributed by atoms with Gasteiger partial charge in [-0.1, -0.05) is 0 Å². The third-order valence-electron chi connectivity index (χ3n) is 3.09. The number of aromatic nitrogens is 1. The highest BCUT2D eigenvalue weighted by Crippen LogP contribution is 2.20. The van der Waals surface area contributed by atoms with Crippen molar-refractivity contribution in [2.24, 2.45) is 0 Å². The van der Waals surface area contributed by atoms with Crippen molar-refractivity contribution in [3.63, 3.8) is 0 Å². The van der Waals surface area contributed by atoms with Crippen molar-refractivity contribution in [3.8, 4) is 0 Å². The van der Waals surface area contributed by atoms with Gasteiger partial charge in [0.05, 0.1) is 18.3 Å². The zero-order valence-electron chi connectivity index (χ0n) is 10.7. The van der Waals surface area contributed by atoms with Gasteiger partial charge in [0.15, 0.2) is 0 Å². The number of ether oxygens (including phenoxy) is 1. The summed E-state index contributed by atoms with van der Waals surface area (Å²) in [5.41, 5.74) is 0.894. The third kappa shape index (κ3) is 3.28. The van der Waals surface area contributed by atoms with Gasteiger partial charge >= 0.3 is 0 Å². The van der Waals surface area contributed by atoms with Gasteiger partial charge in [-0.2, -0.15) is 0 Å². The van der Waals surface area contributed by atoms with E-state index in [9.17, 15) is 4.79 Å². The summed E-state index contributed by atoms with van der Waals surface area (Å²) in [6.45, 7) is 3.39. The van der Waals surface area contributed by atoms with Crippen LogP contribution in [-0.4, -0.2) is 30.6 Å². The van der Waals surface area contributed by atoms with E-state index in [4.69, 9.17) is 4.74 Å². The van der Waals surface area contributed by atoms with E-state index in [2.05, 4.69) is 15.6 Å². The number of amides is 1. The topological polar surface area (TPSA) is 63.2 Å². The number of carbonyl (C=O) groups excluding carboxylic acids is 1. The van der Waals surface area contributed by atoms with Crippen molar-refractivity contribution in [1.29, 1.82) is 0 Å². The molecule has 2 unspecified atom stereocenters. The maximum Gasteiger partial charge on any atom is 0.237 e. The molecular weight excluding hydrogens is 250 g/mol. The van der Waals surface area contributed by atoms with Crippen LogP contribution in [0.25, 0.3) is 0 Å². The molecule has 0 aromatic carbocycles. The maximum atomic E-state index is 11.8. The Hall–Kier alpha value is -0.980. The van der Waals surface area contributed by atoms with Crippen LogP contribution in [-0.2, 0) is 16.1 Å². The second kappa shape index (κ2) is 6.26. The second-order valence-electron chi connectivity index (χ2n) is 4.42. The first-order chi connectivity index (χ1) is 8.70. The van der Waals surface area contributed by atoms with Crippen LogP contribution in [0.4, 0.5) is 0 Å². The van der Waals surface area contributed by atoms with Gasteiger partial charge in [-0.3, -0.25) is 4.79 Å². The molecule has 0 saturated carbocycles. The molecule has 2 atom stereocenters. The summed E-state index contributed by atoms with van der Waals surface area (Å²) in [5.74, 6) is 0.0711. The molecule has 1 aromatic rings. The lowest BCUT2D eigenvalue weighted by Crippen LogP contribution is -2.40. The summed E-state index contributed by atoms with van der Waals surface area (Å²) in [6, 6.07) is -0.0268. The molecule has 2 rings (SSSR count). The molecule has 6 heteroatoms. The number of hydrogen-bond acceptors (Lipinski definition) is 5. The summed E-state index contributed by atoms with van der Waals surface area (Å²) in [5, 5.41) is 9.00. The molecule has 2 N–H and O–H groups in total. The monoisotopic (exact) mass is 269 g/mol. The Labute approximate surface area is 111 Å².